The summed E-state index contributed by atoms with van der Waals surface area (Å²) < 4.78 is 11.2. The average molecular weight is 578 g/mol. The Kier molecular flexibility index (Phi) is 5.90. The molecule has 0 aliphatic heterocycles. The molecule has 0 saturated heterocycles. The number of fused-ring (bicyclic) bond motifs is 10. The summed E-state index contributed by atoms with van der Waals surface area (Å²) in [7, 11) is 7.54. The second kappa shape index (κ2) is 9.97. The number of methoxy groups -OCH3 is 2. The van der Waals surface area contributed by atoms with Crippen LogP contribution in [-0.2, 0) is 6.54 Å². The van der Waals surface area contributed by atoms with E-state index in [1.807, 2.05) is 48.9 Å². The summed E-state index contributed by atoms with van der Waals surface area (Å²) in [4.78, 5) is 23.5. The zero-order chi connectivity index (χ0) is 29.9. The molecule has 8 nitrogen and oxygen atoms in total. The molecule has 0 atom stereocenters. The number of rotatable bonds is 4. The smallest absolute Gasteiger partial charge is 0.384 e. The molecule has 8 rings (SSSR count). The third kappa shape index (κ3) is 4.02. The van der Waals surface area contributed by atoms with Gasteiger partial charge in [-0.05, 0) is 56.1 Å². The standard InChI is InChI=1S/C36H28N6O2/c1-42(2)19-23-13-21-17-38-31(15-28(21)36-33(23)26-9-8-24(43-3)14-29(26)40-36)39-18-22-12-20-16-37-11-10-25(20)35-32(22)27-6-5-7-30(44-4)34(27)41-35/h5-17H,19H2,1-4H3,(H,38,40)/p+1. The van der Waals surface area contributed by atoms with Gasteiger partial charge in [-0.25, -0.2) is 9.97 Å². The molecule has 214 valence electrons. The van der Waals surface area contributed by atoms with E-state index in [9.17, 15) is 0 Å². The van der Waals surface area contributed by atoms with Crippen LogP contribution in [0, 0.1) is 6.07 Å². The molecule has 0 radical (unpaired) electrons. The highest BCUT2D eigenvalue weighted by molar-refractivity contribution is 6.21. The molecule has 2 N–H and O–H groups in total. The molecule has 0 unspecified atom stereocenters. The van der Waals surface area contributed by atoms with Gasteiger partial charge in [0.05, 0.1) is 54.1 Å². The van der Waals surface area contributed by atoms with Crippen LogP contribution in [0.5, 0.6) is 11.5 Å². The van der Waals surface area contributed by atoms with Gasteiger partial charge in [0, 0.05) is 68.1 Å². The van der Waals surface area contributed by atoms with Crippen molar-refractivity contribution in [2.24, 2.45) is 0 Å². The summed E-state index contributed by atoms with van der Waals surface area (Å²) in [5.41, 5.74) is 5.90. The molecule has 0 aliphatic carbocycles. The van der Waals surface area contributed by atoms with Crippen LogP contribution in [-0.4, -0.2) is 53.2 Å². The largest absolute Gasteiger partial charge is 0.497 e. The lowest BCUT2D eigenvalue weighted by molar-refractivity contribution is 0.404. The number of aromatic amines is 2. The summed E-state index contributed by atoms with van der Waals surface area (Å²) >= 11 is 0. The molecule has 0 fully saturated rings. The topological polar surface area (TPSA) is 83.4 Å². The number of aromatic nitrogens is 4. The Morgan fingerprint density at radius 2 is 1.77 bits per heavy atom. The summed E-state index contributed by atoms with van der Waals surface area (Å²) in [6.45, 7) is 0.801. The number of nitrogens with zero attached hydrogens (tertiary/aromatic N) is 4. The van der Waals surface area contributed by atoms with Gasteiger partial charge in [0.1, 0.15) is 11.5 Å². The van der Waals surface area contributed by atoms with Gasteiger partial charge in [-0.3, -0.25) is 4.98 Å². The van der Waals surface area contributed by atoms with Crippen LogP contribution in [0.1, 0.15) is 11.1 Å². The predicted molar refractivity (Wildman–Crippen MR) is 179 cm³/mol. The van der Waals surface area contributed by atoms with Gasteiger partial charge in [0.25, 0.3) is 0 Å². The Morgan fingerprint density at radius 3 is 2.61 bits per heavy atom. The van der Waals surface area contributed by atoms with Crippen molar-refractivity contribution in [3.05, 3.63) is 95.2 Å². The van der Waals surface area contributed by atoms with Crippen LogP contribution in [0.4, 0.5) is 5.82 Å². The Bertz CT molecular complexity index is 2500. The summed E-state index contributed by atoms with van der Waals surface area (Å²) in [6.07, 6.45) is 5.69. The number of H-pyrrole nitrogens is 2. The zero-order valence-electron chi connectivity index (χ0n) is 24.8. The van der Waals surface area contributed by atoms with E-state index in [1.54, 1.807) is 14.2 Å². The van der Waals surface area contributed by atoms with E-state index in [-0.39, 0.29) is 0 Å². The molecule has 44 heavy (non-hydrogen) atoms. The van der Waals surface area contributed by atoms with E-state index in [0.717, 1.165) is 88.8 Å². The van der Waals surface area contributed by atoms with Crippen molar-refractivity contribution in [1.82, 2.24) is 24.8 Å². The summed E-state index contributed by atoms with van der Waals surface area (Å²) in [5.74, 6) is 2.26. The molecule has 0 spiro atoms. The van der Waals surface area contributed by atoms with Crippen LogP contribution in [0.3, 0.4) is 0 Å². The second-order valence-corrected chi connectivity index (χ2v) is 11.3. The van der Waals surface area contributed by atoms with Crippen molar-refractivity contribution in [1.29, 1.82) is 0 Å². The first-order valence-corrected chi connectivity index (χ1v) is 14.4. The third-order valence-electron chi connectivity index (χ3n) is 8.31. The van der Waals surface area contributed by atoms with Crippen molar-refractivity contribution >= 4 is 71.0 Å². The Hall–Kier alpha value is -5.65. The lowest BCUT2D eigenvalue weighted by atomic mass is 10.0. The highest BCUT2D eigenvalue weighted by Crippen LogP contribution is 2.39. The fraction of sp³-hybridized carbons (Fsp3) is 0.139. The normalized spacial score (nSPS) is 11.8. The van der Waals surface area contributed by atoms with Crippen molar-refractivity contribution in [2.45, 2.75) is 6.54 Å². The minimum atomic E-state index is 0.681. The van der Waals surface area contributed by atoms with E-state index < -0.39 is 0 Å². The first-order chi connectivity index (χ1) is 21.5. The van der Waals surface area contributed by atoms with E-state index in [1.165, 1.54) is 5.56 Å². The van der Waals surface area contributed by atoms with Crippen molar-refractivity contribution in [3.63, 3.8) is 0 Å². The van der Waals surface area contributed by atoms with E-state index in [0.29, 0.717) is 5.82 Å². The SMILES string of the molecule is COc1ccc2c(c1)nc1c3cc([N+]#Cc4cc5cnccc5c5[nH]c6c(OC)cccc6c45)[nH]cc3cc(CN(C)C)c21. The molecule has 0 amide bonds. The van der Waals surface area contributed by atoms with Gasteiger partial charge in [-0.2, -0.15) is 4.85 Å². The van der Waals surface area contributed by atoms with Crippen molar-refractivity contribution < 1.29 is 9.47 Å². The molecule has 0 bridgehead atoms. The highest BCUT2D eigenvalue weighted by atomic mass is 16.5. The first-order valence-electron chi connectivity index (χ1n) is 14.4. The monoisotopic (exact) mass is 577 g/mol. The summed E-state index contributed by atoms with van der Waals surface area (Å²) in [5, 5.41) is 8.55. The maximum absolute atomic E-state index is 5.67. The van der Waals surface area contributed by atoms with Gasteiger partial charge in [0.2, 0.25) is 0 Å². The van der Waals surface area contributed by atoms with Crippen molar-refractivity contribution in [3.8, 4) is 17.6 Å². The number of ether oxygens (including phenoxy) is 2. The van der Waals surface area contributed by atoms with Crippen LogP contribution in [0.25, 0.3) is 70.0 Å². The van der Waals surface area contributed by atoms with Crippen molar-refractivity contribution in [2.75, 3.05) is 28.3 Å². The minimum absolute atomic E-state index is 0.681. The lowest BCUT2D eigenvalue weighted by Gasteiger charge is -2.12. The van der Waals surface area contributed by atoms with E-state index in [2.05, 4.69) is 70.3 Å². The number of hydrogen-bond donors (Lipinski definition) is 2. The van der Waals surface area contributed by atoms with Gasteiger partial charge < -0.3 is 19.4 Å². The molecular formula is C36H29N6O2+. The van der Waals surface area contributed by atoms with Gasteiger partial charge in [-0.1, -0.05) is 12.1 Å². The fourth-order valence-electron chi connectivity index (χ4n) is 6.40. The number of para-hydroxylation sites is 1. The predicted octanol–water partition coefficient (Wildman–Crippen LogP) is 8.14. The maximum Gasteiger partial charge on any atom is 0.384 e. The Labute approximate surface area is 252 Å². The van der Waals surface area contributed by atoms with Crippen LogP contribution in [0.15, 0.2) is 79.3 Å². The lowest BCUT2D eigenvalue weighted by Crippen LogP contribution is -2.10. The summed E-state index contributed by atoms with van der Waals surface area (Å²) in [6, 6.07) is 24.0. The minimum Gasteiger partial charge on any atom is -0.497 e. The van der Waals surface area contributed by atoms with Gasteiger partial charge >= 0.3 is 5.82 Å². The molecule has 0 aliphatic rings. The number of benzene rings is 4. The highest BCUT2D eigenvalue weighted by Gasteiger charge is 2.19. The molecule has 0 saturated carbocycles. The molecular weight excluding hydrogens is 548 g/mol. The number of hydrogen-bond acceptors (Lipinski definition) is 5. The molecule has 4 aromatic carbocycles. The zero-order valence-corrected chi connectivity index (χ0v) is 24.8. The van der Waals surface area contributed by atoms with Crippen LogP contribution < -0.4 is 9.47 Å². The molecule has 8 aromatic rings. The second-order valence-electron chi connectivity index (χ2n) is 11.3. The first kappa shape index (κ1) is 26.0. The van der Waals surface area contributed by atoms with Gasteiger partial charge in [0.15, 0.2) is 6.07 Å². The quantitative estimate of drug-likeness (QED) is 0.221. The van der Waals surface area contributed by atoms with Gasteiger partial charge in [-0.15, -0.1) is 0 Å². The molecule has 8 heteroatoms. The Morgan fingerprint density at radius 1 is 0.864 bits per heavy atom. The van der Waals surface area contributed by atoms with Crippen LogP contribution in [0.2, 0.25) is 0 Å². The molecule has 4 aromatic heterocycles. The van der Waals surface area contributed by atoms with E-state index in [4.69, 9.17) is 19.3 Å². The number of nitrogens with one attached hydrogen (secondary N) is 2. The maximum atomic E-state index is 5.67. The average Bonchev–Trinajstić information content (AvgIpc) is 3.63. The van der Waals surface area contributed by atoms with Crippen LogP contribution >= 0.6 is 0 Å². The number of pyridine rings is 2. The van der Waals surface area contributed by atoms with E-state index >= 15 is 0 Å². The third-order valence-corrected chi connectivity index (χ3v) is 8.31. The Balaban J connectivity index is 1.35. The molecule has 4 heterocycles. The fourth-order valence-corrected chi connectivity index (χ4v) is 6.40.